The Hall–Kier alpha value is -1.69. The highest BCUT2D eigenvalue weighted by Gasteiger charge is 2.35. The van der Waals surface area contributed by atoms with Gasteiger partial charge in [0.1, 0.15) is 5.82 Å². The molecule has 2 aromatic rings. The van der Waals surface area contributed by atoms with Gasteiger partial charge in [-0.1, -0.05) is 24.3 Å². The molecule has 0 fully saturated rings. The molecule has 0 unspecified atom stereocenters. The zero-order chi connectivity index (χ0) is 14.9. The Morgan fingerprint density at radius 3 is 2.20 bits per heavy atom. The maximum atomic E-state index is 13.8. The summed E-state index contributed by atoms with van der Waals surface area (Å²) < 4.78 is 52.4. The van der Waals surface area contributed by atoms with Gasteiger partial charge < -0.3 is 0 Å². The molecule has 0 heterocycles. The van der Waals surface area contributed by atoms with Gasteiger partial charge in [0.2, 0.25) is 0 Å². The number of alkyl halides is 3. The van der Waals surface area contributed by atoms with E-state index in [1.54, 1.807) is 0 Å². The first-order valence-corrected chi connectivity index (χ1v) is 6.26. The normalized spacial score (nSPS) is 11.4. The van der Waals surface area contributed by atoms with E-state index in [4.69, 9.17) is 0 Å². The molecule has 20 heavy (non-hydrogen) atoms. The molecule has 0 aliphatic heterocycles. The molecule has 2 aromatic carbocycles. The van der Waals surface area contributed by atoms with Gasteiger partial charge in [-0.25, -0.2) is 4.39 Å². The first-order valence-electron chi connectivity index (χ1n) is 5.47. The van der Waals surface area contributed by atoms with Crippen LogP contribution in [0.25, 0.3) is 0 Å². The summed E-state index contributed by atoms with van der Waals surface area (Å²) in [4.78, 5) is 12.1. The Labute approximate surface area is 120 Å². The van der Waals surface area contributed by atoms with Crippen molar-refractivity contribution in [3.63, 3.8) is 0 Å². The number of rotatable bonds is 2. The fraction of sp³-hybridized carbons (Fsp3) is 0.0714. The maximum absolute atomic E-state index is 13.8. The van der Waals surface area contributed by atoms with Crippen molar-refractivity contribution in [1.82, 2.24) is 0 Å². The van der Waals surface area contributed by atoms with Gasteiger partial charge in [-0.05, 0) is 34.1 Å². The number of carbonyl (C=O) groups excluding carboxylic acids is 1. The summed E-state index contributed by atoms with van der Waals surface area (Å²) in [6.45, 7) is 0. The minimum absolute atomic E-state index is 0.0211. The zero-order valence-corrected chi connectivity index (χ0v) is 11.4. The fourth-order valence-corrected chi connectivity index (χ4v) is 2.12. The van der Waals surface area contributed by atoms with E-state index in [1.807, 2.05) is 0 Å². The van der Waals surface area contributed by atoms with E-state index in [0.29, 0.717) is 0 Å². The lowest BCUT2D eigenvalue weighted by atomic mass is 9.98. The summed E-state index contributed by atoms with van der Waals surface area (Å²) in [5.74, 6) is -1.88. The summed E-state index contributed by atoms with van der Waals surface area (Å²) >= 11 is 2.90. The number of benzene rings is 2. The van der Waals surface area contributed by atoms with Crippen LogP contribution in [0.1, 0.15) is 21.5 Å². The van der Waals surface area contributed by atoms with E-state index in [2.05, 4.69) is 15.9 Å². The van der Waals surface area contributed by atoms with E-state index in [0.717, 1.165) is 18.2 Å². The van der Waals surface area contributed by atoms with Crippen LogP contribution in [0.15, 0.2) is 46.9 Å². The lowest BCUT2D eigenvalue weighted by molar-refractivity contribution is -0.137. The monoisotopic (exact) mass is 346 g/mol. The largest absolute Gasteiger partial charge is 0.417 e. The molecular weight excluding hydrogens is 340 g/mol. The molecular formula is C14H7BrF4O. The quantitative estimate of drug-likeness (QED) is 0.561. The Bertz CT molecular complexity index is 664. The van der Waals surface area contributed by atoms with Crippen LogP contribution in [0, 0.1) is 5.82 Å². The highest BCUT2D eigenvalue weighted by Crippen LogP contribution is 2.33. The third-order valence-electron chi connectivity index (χ3n) is 2.67. The van der Waals surface area contributed by atoms with Crippen molar-refractivity contribution >= 4 is 21.7 Å². The molecule has 0 radical (unpaired) electrons. The Morgan fingerprint density at radius 1 is 0.950 bits per heavy atom. The Balaban J connectivity index is 2.58. The lowest BCUT2D eigenvalue weighted by Gasteiger charge is -2.12. The summed E-state index contributed by atoms with van der Waals surface area (Å²) in [6.07, 6.45) is -4.67. The van der Waals surface area contributed by atoms with Gasteiger partial charge in [0.15, 0.2) is 5.78 Å². The van der Waals surface area contributed by atoms with Crippen LogP contribution in [0.5, 0.6) is 0 Å². The SMILES string of the molecule is O=C(c1ccccc1C(F)(F)F)c1cccc(Br)c1F. The number of hydrogen-bond donors (Lipinski definition) is 0. The van der Waals surface area contributed by atoms with Gasteiger partial charge in [-0.2, -0.15) is 13.2 Å². The molecule has 6 heteroatoms. The molecule has 0 spiro atoms. The molecule has 104 valence electrons. The van der Waals surface area contributed by atoms with Crippen LogP contribution < -0.4 is 0 Å². The van der Waals surface area contributed by atoms with Crippen molar-refractivity contribution in [3.05, 3.63) is 69.4 Å². The van der Waals surface area contributed by atoms with E-state index < -0.39 is 34.5 Å². The third-order valence-corrected chi connectivity index (χ3v) is 3.29. The topological polar surface area (TPSA) is 17.1 Å². The van der Waals surface area contributed by atoms with E-state index in [1.165, 1.54) is 24.3 Å². The zero-order valence-electron chi connectivity index (χ0n) is 9.84. The molecule has 0 N–H and O–H groups in total. The minimum atomic E-state index is -4.67. The van der Waals surface area contributed by atoms with Crippen molar-refractivity contribution < 1.29 is 22.4 Å². The van der Waals surface area contributed by atoms with E-state index >= 15 is 0 Å². The molecule has 0 aromatic heterocycles. The molecule has 0 aliphatic rings. The molecule has 0 amide bonds. The summed E-state index contributed by atoms with van der Waals surface area (Å²) in [7, 11) is 0. The Morgan fingerprint density at radius 2 is 1.55 bits per heavy atom. The van der Waals surface area contributed by atoms with Gasteiger partial charge in [-0.3, -0.25) is 4.79 Å². The van der Waals surface area contributed by atoms with Crippen LogP contribution in [0.4, 0.5) is 17.6 Å². The molecule has 2 rings (SSSR count). The maximum Gasteiger partial charge on any atom is 0.417 e. The second-order valence-electron chi connectivity index (χ2n) is 3.97. The predicted molar refractivity (Wildman–Crippen MR) is 69.0 cm³/mol. The highest BCUT2D eigenvalue weighted by atomic mass is 79.9. The molecule has 0 atom stereocenters. The van der Waals surface area contributed by atoms with Crippen LogP contribution >= 0.6 is 15.9 Å². The van der Waals surface area contributed by atoms with Crippen molar-refractivity contribution in [3.8, 4) is 0 Å². The van der Waals surface area contributed by atoms with Crippen molar-refractivity contribution in [2.75, 3.05) is 0 Å². The van der Waals surface area contributed by atoms with Crippen LogP contribution in [0.2, 0.25) is 0 Å². The molecule has 0 bridgehead atoms. The third kappa shape index (κ3) is 2.75. The smallest absolute Gasteiger partial charge is 0.288 e. The second-order valence-corrected chi connectivity index (χ2v) is 4.83. The number of carbonyl (C=O) groups is 1. The van der Waals surface area contributed by atoms with Crippen LogP contribution in [-0.2, 0) is 6.18 Å². The average Bonchev–Trinajstić information content (AvgIpc) is 2.40. The summed E-state index contributed by atoms with van der Waals surface area (Å²) in [5.41, 5.74) is -2.06. The number of hydrogen-bond acceptors (Lipinski definition) is 1. The standard InChI is InChI=1S/C14H7BrF4O/c15-11-7-3-5-9(12(11)16)13(20)8-4-1-2-6-10(8)14(17,18)19/h1-7H. The molecule has 0 aliphatic carbocycles. The first-order chi connectivity index (χ1) is 9.32. The summed E-state index contributed by atoms with van der Waals surface area (Å²) in [6, 6.07) is 8.21. The van der Waals surface area contributed by atoms with Crippen molar-refractivity contribution in [1.29, 1.82) is 0 Å². The van der Waals surface area contributed by atoms with Gasteiger partial charge in [0.25, 0.3) is 0 Å². The molecule has 1 nitrogen and oxygen atoms in total. The van der Waals surface area contributed by atoms with Crippen LogP contribution in [0.3, 0.4) is 0 Å². The van der Waals surface area contributed by atoms with Crippen LogP contribution in [-0.4, -0.2) is 5.78 Å². The Kier molecular flexibility index (Phi) is 3.94. The van der Waals surface area contributed by atoms with Crippen molar-refractivity contribution in [2.24, 2.45) is 0 Å². The predicted octanol–water partition coefficient (Wildman–Crippen LogP) is 4.84. The molecule has 0 saturated carbocycles. The van der Waals surface area contributed by atoms with Gasteiger partial charge in [-0.15, -0.1) is 0 Å². The minimum Gasteiger partial charge on any atom is -0.288 e. The number of ketones is 1. The van der Waals surface area contributed by atoms with Gasteiger partial charge >= 0.3 is 6.18 Å². The fourth-order valence-electron chi connectivity index (χ4n) is 1.75. The van der Waals surface area contributed by atoms with E-state index in [-0.39, 0.29) is 4.47 Å². The highest BCUT2D eigenvalue weighted by molar-refractivity contribution is 9.10. The number of halogens is 5. The lowest BCUT2D eigenvalue weighted by Crippen LogP contribution is -2.14. The second kappa shape index (κ2) is 5.36. The molecule has 0 saturated heterocycles. The van der Waals surface area contributed by atoms with Gasteiger partial charge in [0, 0.05) is 5.56 Å². The van der Waals surface area contributed by atoms with E-state index in [9.17, 15) is 22.4 Å². The van der Waals surface area contributed by atoms with Crippen molar-refractivity contribution in [2.45, 2.75) is 6.18 Å². The average molecular weight is 347 g/mol. The first kappa shape index (κ1) is 14.7. The van der Waals surface area contributed by atoms with Gasteiger partial charge in [0.05, 0.1) is 15.6 Å². The summed E-state index contributed by atoms with van der Waals surface area (Å²) in [5, 5.41) is 0.